The van der Waals surface area contributed by atoms with Gasteiger partial charge in [-0.15, -0.1) is 0 Å². The van der Waals surface area contributed by atoms with Gasteiger partial charge in [-0.3, -0.25) is 0 Å². The standard InChI is InChI=1S/C20H14FN3/c1-13-7-5-12-17(22-13)20-23-18(14-8-3-2-4-9-14)15-10-6-11-16(21)19(15)24-20/h2-12H,1H3. The van der Waals surface area contributed by atoms with Gasteiger partial charge in [0.05, 0.1) is 5.69 Å². The quantitative estimate of drug-likeness (QED) is 0.533. The highest BCUT2D eigenvalue weighted by Crippen LogP contribution is 2.29. The number of hydrogen-bond acceptors (Lipinski definition) is 3. The number of aromatic nitrogens is 3. The molecule has 24 heavy (non-hydrogen) atoms. The Morgan fingerprint density at radius 3 is 2.33 bits per heavy atom. The summed E-state index contributed by atoms with van der Waals surface area (Å²) in [6.07, 6.45) is 0. The Hall–Kier alpha value is -3.14. The lowest BCUT2D eigenvalue weighted by molar-refractivity contribution is 0.636. The van der Waals surface area contributed by atoms with Crippen LogP contribution in [-0.4, -0.2) is 15.0 Å². The second kappa shape index (κ2) is 5.81. The van der Waals surface area contributed by atoms with Crippen molar-refractivity contribution in [3.63, 3.8) is 0 Å². The van der Waals surface area contributed by atoms with Gasteiger partial charge in [0, 0.05) is 16.6 Å². The fourth-order valence-corrected chi connectivity index (χ4v) is 2.72. The molecule has 3 nitrogen and oxygen atoms in total. The number of aryl methyl sites for hydroxylation is 1. The Labute approximate surface area is 138 Å². The minimum Gasteiger partial charge on any atom is -0.250 e. The molecule has 116 valence electrons. The molecule has 0 aliphatic heterocycles. The van der Waals surface area contributed by atoms with Gasteiger partial charge in [0.25, 0.3) is 0 Å². The van der Waals surface area contributed by atoms with Gasteiger partial charge >= 0.3 is 0 Å². The molecule has 0 amide bonds. The molecule has 0 aliphatic rings. The number of nitrogens with zero attached hydrogens (tertiary/aromatic N) is 3. The van der Waals surface area contributed by atoms with Gasteiger partial charge in [-0.2, -0.15) is 0 Å². The Morgan fingerprint density at radius 1 is 0.750 bits per heavy atom. The van der Waals surface area contributed by atoms with Crippen LogP contribution in [0.25, 0.3) is 33.7 Å². The van der Waals surface area contributed by atoms with Crippen LogP contribution in [0.1, 0.15) is 5.69 Å². The molecule has 0 saturated heterocycles. The number of rotatable bonds is 2. The number of para-hydroxylation sites is 1. The maximum atomic E-state index is 14.3. The van der Waals surface area contributed by atoms with Gasteiger partial charge in [-0.25, -0.2) is 19.3 Å². The molecule has 2 heterocycles. The summed E-state index contributed by atoms with van der Waals surface area (Å²) in [5, 5.41) is 0.692. The highest BCUT2D eigenvalue weighted by atomic mass is 19.1. The van der Waals surface area contributed by atoms with E-state index in [1.807, 2.05) is 61.5 Å². The van der Waals surface area contributed by atoms with Crippen LogP contribution in [0, 0.1) is 12.7 Å². The molecule has 4 aromatic rings. The maximum absolute atomic E-state index is 14.3. The average Bonchev–Trinajstić information content (AvgIpc) is 2.62. The van der Waals surface area contributed by atoms with Crippen LogP contribution >= 0.6 is 0 Å². The second-order valence-corrected chi connectivity index (χ2v) is 5.56. The van der Waals surface area contributed by atoms with Crippen LogP contribution in [0.3, 0.4) is 0 Å². The molecular formula is C20H14FN3. The number of benzene rings is 2. The van der Waals surface area contributed by atoms with Crippen molar-refractivity contribution in [3.8, 4) is 22.8 Å². The number of pyridine rings is 1. The van der Waals surface area contributed by atoms with E-state index in [1.165, 1.54) is 6.07 Å². The van der Waals surface area contributed by atoms with Gasteiger partial charge < -0.3 is 0 Å². The predicted octanol–water partition coefficient (Wildman–Crippen LogP) is 4.81. The minimum atomic E-state index is -0.360. The normalized spacial score (nSPS) is 10.9. The van der Waals surface area contributed by atoms with Crippen LogP contribution in [0.2, 0.25) is 0 Å². The van der Waals surface area contributed by atoms with E-state index in [1.54, 1.807) is 6.07 Å². The fourth-order valence-electron chi connectivity index (χ4n) is 2.72. The van der Waals surface area contributed by atoms with E-state index in [0.717, 1.165) is 11.3 Å². The van der Waals surface area contributed by atoms with Crippen molar-refractivity contribution >= 4 is 10.9 Å². The number of fused-ring (bicyclic) bond motifs is 1. The number of halogens is 1. The highest BCUT2D eigenvalue weighted by molar-refractivity contribution is 5.93. The molecule has 4 rings (SSSR count). The first-order chi connectivity index (χ1) is 11.7. The zero-order valence-corrected chi connectivity index (χ0v) is 13.1. The molecular weight excluding hydrogens is 301 g/mol. The Balaban J connectivity index is 2.05. The molecule has 0 unspecified atom stereocenters. The molecule has 0 spiro atoms. The van der Waals surface area contributed by atoms with Gasteiger partial charge in [-0.1, -0.05) is 48.5 Å². The fraction of sp³-hybridized carbons (Fsp3) is 0.0500. The molecule has 0 atom stereocenters. The van der Waals surface area contributed by atoms with Gasteiger partial charge in [0.1, 0.15) is 17.0 Å². The highest BCUT2D eigenvalue weighted by Gasteiger charge is 2.14. The monoisotopic (exact) mass is 315 g/mol. The van der Waals surface area contributed by atoms with E-state index < -0.39 is 0 Å². The Morgan fingerprint density at radius 2 is 1.54 bits per heavy atom. The molecule has 0 aliphatic carbocycles. The van der Waals surface area contributed by atoms with E-state index in [9.17, 15) is 4.39 Å². The van der Waals surface area contributed by atoms with E-state index >= 15 is 0 Å². The lowest BCUT2D eigenvalue weighted by Gasteiger charge is -2.09. The molecule has 2 aromatic heterocycles. The van der Waals surface area contributed by atoms with Crippen molar-refractivity contribution in [2.75, 3.05) is 0 Å². The first kappa shape index (κ1) is 14.5. The van der Waals surface area contributed by atoms with E-state index in [2.05, 4.69) is 15.0 Å². The summed E-state index contributed by atoms with van der Waals surface area (Å²) in [4.78, 5) is 13.6. The third-order valence-corrected chi connectivity index (χ3v) is 3.84. The summed E-state index contributed by atoms with van der Waals surface area (Å²) in [6, 6.07) is 20.3. The molecule has 0 N–H and O–H groups in total. The first-order valence-corrected chi connectivity index (χ1v) is 7.68. The van der Waals surface area contributed by atoms with Gasteiger partial charge in [-0.05, 0) is 25.1 Å². The van der Waals surface area contributed by atoms with Crippen LogP contribution in [0.15, 0.2) is 66.7 Å². The van der Waals surface area contributed by atoms with Crippen LogP contribution in [0.5, 0.6) is 0 Å². The summed E-state index contributed by atoms with van der Waals surface area (Å²) < 4.78 is 14.3. The molecule has 4 heteroatoms. The molecule has 0 bridgehead atoms. The Kier molecular flexibility index (Phi) is 3.50. The molecule has 0 radical (unpaired) electrons. The topological polar surface area (TPSA) is 38.7 Å². The van der Waals surface area contributed by atoms with Crippen LogP contribution in [0.4, 0.5) is 4.39 Å². The summed E-state index contributed by atoms with van der Waals surface area (Å²) in [7, 11) is 0. The first-order valence-electron chi connectivity index (χ1n) is 7.68. The summed E-state index contributed by atoms with van der Waals surface area (Å²) in [5.74, 6) is 0.0659. The Bertz CT molecular complexity index is 1030. The van der Waals surface area contributed by atoms with Gasteiger partial charge in [0.15, 0.2) is 5.82 Å². The van der Waals surface area contributed by atoms with Crippen molar-refractivity contribution in [1.82, 2.24) is 15.0 Å². The zero-order valence-electron chi connectivity index (χ0n) is 13.1. The van der Waals surface area contributed by atoms with E-state index in [0.29, 0.717) is 28.1 Å². The van der Waals surface area contributed by atoms with Gasteiger partial charge in [0.2, 0.25) is 0 Å². The van der Waals surface area contributed by atoms with E-state index in [4.69, 9.17) is 0 Å². The van der Waals surface area contributed by atoms with Crippen LogP contribution in [-0.2, 0) is 0 Å². The smallest absolute Gasteiger partial charge is 0.179 e. The van der Waals surface area contributed by atoms with Crippen LogP contribution < -0.4 is 0 Å². The van der Waals surface area contributed by atoms with Crippen molar-refractivity contribution in [3.05, 3.63) is 78.2 Å². The number of hydrogen-bond donors (Lipinski definition) is 0. The average molecular weight is 315 g/mol. The van der Waals surface area contributed by atoms with Crippen molar-refractivity contribution in [2.45, 2.75) is 6.92 Å². The summed E-state index contributed by atoms with van der Waals surface area (Å²) >= 11 is 0. The largest absolute Gasteiger partial charge is 0.250 e. The minimum absolute atomic E-state index is 0.310. The van der Waals surface area contributed by atoms with Crippen molar-refractivity contribution in [2.24, 2.45) is 0 Å². The SMILES string of the molecule is Cc1cccc(-c2nc(-c3ccccc3)c3cccc(F)c3n2)n1. The zero-order chi connectivity index (χ0) is 16.5. The lowest BCUT2D eigenvalue weighted by atomic mass is 10.1. The molecule has 0 fully saturated rings. The second-order valence-electron chi connectivity index (χ2n) is 5.56. The third-order valence-electron chi connectivity index (χ3n) is 3.84. The third kappa shape index (κ3) is 2.52. The maximum Gasteiger partial charge on any atom is 0.179 e. The molecule has 2 aromatic carbocycles. The predicted molar refractivity (Wildman–Crippen MR) is 92.9 cm³/mol. The van der Waals surface area contributed by atoms with Crippen molar-refractivity contribution in [1.29, 1.82) is 0 Å². The summed E-state index contributed by atoms with van der Waals surface area (Å²) in [6.45, 7) is 1.91. The molecule has 0 saturated carbocycles. The summed E-state index contributed by atoms with van der Waals surface area (Å²) in [5.41, 5.74) is 3.44. The lowest BCUT2D eigenvalue weighted by Crippen LogP contribution is -1.98. The van der Waals surface area contributed by atoms with Crippen molar-refractivity contribution < 1.29 is 4.39 Å². The van der Waals surface area contributed by atoms with E-state index in [-0.39, 0.29) is 5.82 Å².